The predicted octanol–water partition coefficient (Wildman–Crippen LogP) is 2.14. The first-order valence-corrected chi connectivity index (χ1v) is 6.42. The molecule has 0 amide bonds. The van der Waals surface area contributed by atoms with E-state index in [1.165, 1.54) is 31.4 Å². The number of nitrogens with one attached hydrogen (secondary N) is 1. The first-order valence-electron chi connectivity index (χ1n) is 6.42. The summed E-state index contributed by atoms with van der Waals surface area (Å²) in [5.74, 6) is 0.763. The molecule has 1 aromatic rings. The van der Waals surface area contributed by atoms with Crippen LogP contribution in [0.25, 0.3) is 0 Å². The average molecular weight is 222 g/mol. The zero-order chi connectivity index (χ0) is 11.4. The van der Waals surface area contributed by atoms with Crippen LogP contribution in [0.1, 0.15) is 50.8 Å². The molecule has 0 radical (unpaired) electrons. The summed E-state index contributed by atoms with van der Waals surface area (Å²) >= 11 is 0. The molecule has 1 unspecified atom stereocenters. The number of aryl methyl sites for hydroxylation is 1. The zero-order valence-electron chi connectivity index (χ0n) is 10.3. The highest BCUT2D eigenvalue weighted by atomic mass is 15.4. The van der Waals surface area contributed by atoms with Crippen LogP contribution in [-0.2, 0) is 6.54 Å². The molecule has 0 spiro atoms. The van der Waals surface area contributed by atoms with Gasteiger partial charge >= 0.3 is 0 Å². The summed E-state index contributed by atoms with van der Waals surface area (Å²) in [7, 11) is 2.05. The Hall–Kier alpha value is -0.900. The van der Waals surface area contributed by atoms with Crippen molar-refractivity contribution in [2.24, 2.45) is 5.92 Å². The normalized spacial score (nSPS) is 19.1. The maximum Gasteiger partial charge on any atom is 0.0759 e. The van der Waals surface area contributed by atoms with Crippen molar-refractivity contribution in [3.63, 3.8) is 0 Å². The predicted molar refractivity (Wildman–Crippen MR) is 64.1 cm³/mol. The third-order valence-corrected chi connectivity index (χ3v) is 3.58. The van der Waals surface area contributed by atoms with Crippen LogP contribution in [0.5, 0.6) is 0 Å². The average Bonchev–Trinajstić information content (AvgIpc) is 2.92. The van der Waals surface area contributed by atoms with Crippen molar-refractivity contribution < 1.29 is 0 Å². The first-order chi connectivity index (χ1) is 7.86. The third-order valence-electron chi connectivity index (χ3n) is 3.58. The van der Waals surface area contributed by atoms with Gasteiger partial charge in [-0.05, 0) is 32.2 Å². The van der Waals surface area contributed by atoms with Crippen molar-refractivity contribution in [3.05, 3.63) is 11.9 Å². The van der Waals surface area contributed by atoms with E-state index in [1.54, 1.807) is 0 Å². The second kappa shape index (κ2) is 5.43. The molecule has 0 saturated heterocycles. The minimum absolute atomic E-state index is 0.434. The van der Waals surface area contributed by atoms with Gasteiger partial charge in [0, 0.05) is 6.54 Å². The summed E-state index contributed by atoms with van der Waals surface area (Å²) in [6, 6.07) is 0.434. The fourth-order valence-electron chi connectivity index (χ4n) is 2.81. The van der Waals surface area contributed by atoms with Crippen LogP contribution >= 0.6 is 0 Å². The van der Waals surface area contributed by atoms with Gasteiger partial charge in [0.2, 0.25) is 0 Å². The second-order valence-electron chi connectivity index (χ2n) is 4.69. The largest absolute Gasteiger partial charge is 0.311 e. The molecule has 0 bridgehead atoms. The summed E-state index contributed by atoms with van der Waals surface area (Å²) in [6.07, 6.45) is 8.45. The molecule has 16 heavy (non-hydrogen) atoms. The Kier molecular flexibility index (Phi) is 3.93. The maximum atomic E-state index is 4.17. The van der Waals surface area contributed by atoms with Gasteiger partial charge < -0.3 is 5.32 Å². The minimum Gasteiger partial charge on any atom is -0.311 e. The van der Waals surface area contributed by atoms with E-state index >= 15 is 0 Å². The van der Waals surface area contributed by atoms with Gasteiger partial charge in [-0.3, -0.25) is 0 Å². The molecule has 1 heterocycles. The van der Waals surface area contributed by atoms with E-state index in [0.29, 0.717) is 6.04 Å². The van der Waals surface area contributed by atoms with Crippen molar-refractivity contribution in [2.75, 3.05) is 7.05 Å². The van der Waals surface area contributed by atoms with Gasteiger partial charge in [0.05, 0.1) is 17.9 Å². The van der Waals surface area contributed by atoms with Gasteiger partial charge in [0.15, 0.2) is 0 Å². The summed E-state index contributed by atoms with van der Waals surface area (Å²) in [6.45, 7) is 3.15. The lowest BCUT2D eigenvalue weighted by molar-refractivity contribution is 0.363. The van der Waals surface area contributed by atoms with Crippen LogP contribution in [-0.4, -0.2) is 22.0 Å². The fourth-order valence-corrected chi connectivity index (χ4v) is 2.81. The standard InChI is InChI=1S/C12H22N4/c1-3-8-16-11(9-14-15-16)12(13-2)10-6-4-5-7-10/h9-10,12-13H,3-8H2,1-2H3. The molecule has 90 valence electrons. The Bertz CT molecular complexity index is 315. The maximum absolute atomic E-state index is 4.17. The van der Waals surface area contributed by atoms with E-state index in [4.69, 9.17) is 0 Å². The Morgan fingerprint density at radius 3 is 2.88 bits per heavy atom. The molecular weight excluding hydrogens is 200 g/mol. The highest BCUT2D eigenvalue weighted by molar-refractivity contribution is 5.05. The molecule has 1 aliphatic rings. The van der Waals surface area contributed by atoms with Crippen molar-refractivity contribution in [3.8, 4) is 0 Å². The lowest BCUT2D eigenvalue weighted by Crippen LogP contribution is -2.26. The topological polar surface area (TPSA) is 42.7 Å². The monoisotopic (exact) mass is 222 g/mol. The number of nitrogens with zero attached hydrogens (tertiary/aromatic N) is 3. The van der Waals surface area contributed by atoms with Crippen molar-refractivity contribution in [1.82, 2.24) is 20.3 Å². The SMILES string of the molecule is CCCn1nncc1C(NC)C1CCCC1. The van der Waals surface area contributed by atoms with E-state index in [2.05, 4.69) is 27.2 Å². The Labute approximate surface area is 97.4 Å². The molecule has 2 rings (SSSR count). The fraction of sp³-hybridized carbons (Fsp3) is 0.833. The van der Waals surface area contributed by atoms with E-state index in [0.717, 1.165) is 18.9 Å². The number of hydrogen-bond acceptors (Lipinski definition) is 3. The molecule has 1 N–H and O–H groups in total. The van der Waals surface area contributed by atoms with Crippen molar-refractivity contribution in [2.45, 2.75) is 51.6 Å². The lowest BCUT2D eigenvalue weighted by Gasteiger charge is -2.23. The van der Waals surface area contributed by atoms with E-state index in [9.17, 15) is 0 Å². The molecule has 1 aliphatic carbocycles. The van der Waals surface area contributed by atoms with Gasteiger partial charge in [-0.25, -0.2) is 4.68 Å². The van der Waals surface area contributed by atoms with Crippen LogP contribution in [0.4, 0.5) is 0 Å². The van der Waals surface area contributed by atoms with E-state index in [-0.39, 0.29) is 0 Å². The molecule has 4 heteroatoms. The molecule has 1 atom stereocenters. The summed E-state index contributed by atoms with van der Waals surface area (Å²) in [5.41, 5.74) is 1.26. The van der Waals surface area contributed by atoms with Crippen LogP contribution in [0.2, 0.25) is 0 Å². The van der Waals surface area contributed by atoms with Crippen molar-refractivity contribution in [1.29, 1.82) is 0 Å². The summed E-state index contributed by atoms with van der Waals surface area (Å²) in [4.78, 5) is 0. The van der Waals surface area contributed by atoms with Crippen LogP contribution in [0.15, 0.2) is 6.20 Å². The third kappa shape index (κ3) is 2.26. The van der Waals surface area contributed by atoms with Gasteiger partial charge in [-0.2, -0.15) is 0 Å². The highest BCUT2D eigenvalue weighted by Crippen LogP contribution is 2.35. The van der Waals surface area contributed by atoms with E-state index < -0.39 is 0 Å². The summed E-state index contributed by atoms with van der Waals surface area (Å²) in [5, 5.41) is 11.7. The molecule has 0 aromatic carbocycles. The summed E-state index contributed by atoms with van der Waals surface area (Å²) < 4.78 is 2.06. The van der Waals surface area contributed by atoms with Crippen LogP contribution in [0.3, 0.4) is 0 Å². The molecule has 0 aliphatic heterocycles. The van der Waals surface area contributed by atoms with Crippen molar-refractivity contribution >= 4 is 0 Å². The quantitative estimate of drug-likeness (QED) is 0.830. The minimum atomic E-state index is 0.434. The smallest absolute Gasteiger partial charge is 0.0759 e. The highest BCUT2D eigenvalue weighted by Gasteiger charge is 2.27. The zero-order valence-corrected chi connectivity index (χ0v) is 10.3. The number of hydrogen-bond donors (Lipinski definition) is 1. The Morgan fingerprint density at radius 2 is 2.25 bits per heavy atom. The molecular formula is C12H22N4. The van der Waals surface area contributed by atoms with Gasteiger partial charge in [-0.1, -0.05) is 25.0 Å². The lowest BCUT2D eigenvalue weighted by atomic mass is 9.96. The van der Waals surface area contributed by atoms with Gasteiger partial charge in [0.1, 0.15) is 0 Å². The number of aromatic nitrogens is 3. The molecule has 4 nitrogen and oxygen atoms in total. The van der Waals surface area contributed by atoms with Crippen LogP contribution < -0.4 is 5.32 Å². The van der Waals surface area contributed by atoms with Crippen LogP contribution in [0, 0.1) is 5.92 Å². The Balaban J connectivity index is 2.15. The van der Waals surface area contributed by atoms with Gasteiger partial charge in [0.25, 0.3) is 0 Å². The molecule has 1 fully saturated rings. The Morgan fingerprint density at radius 1 is 1.50 bits per heavy atom. The van der Waals surface area contributed by atoms with Gasteiger partial charge in [-0.15, -0.1) is 5.10 Å². The molecule has 1 aromatic heterocycles. The second-order valence-corrected chi connectivity index (χ2v) is 4.69. The first kappa shape index (κ1) is 11.6. The number of rotatable bonds is 5. The molecule has 1 saturated carbocycles. The van der Waals surface area contributed by atoms with E-state index in [1.807, 2.05) is 13.2 Å².